The molecular weight excluding hydrogens is 392 g/mol. The summed E-state index contributed by atoms with van der Waals surface area (Å²) in [5, 5.41) is 0. The van der Waals surface area contributed by atoms with Gasteiger partial charge in [-0.2, -0.15) is 0 Å². The van der Waals surface area contributed by atoms with Gasteiger partial charge in [0.15, 0.2) is 0 Å². The lowest BCUT2D eigenvalue weighted by Crippen LogP contribution is -2.37. The summed E-state index contributed by atoms with van der Waals surface area (Å²) in [6, 6.07) is 0. The summed E-state index contributed by atoms with van der Waals surface area (Å²) < 4.78 is 0.0660. The van der Waals surface area contributed by atoms with E-state index in [-0.39, 0.29) is 6.47 Å². The van der Waals surface area contributed by atoms with Crippen LogP contribution in [0.3, 0.4) is 0 Å². The van der Waals surface area contributed by atoms with Crippen LogP contribution in [0, 0.1) is 0 Å². The molecular formula is C6H8Br4. The smallest absolute Gasteiger partial charge is 0.0702 e. The van der Waals surface area contributed by atoms with Gasteiger partial charge in [-0.15, -0.1) is 0 Å². The monoisotopic (exact) mass is 396 g/mol. The van der Waals surface area contributed by atoms with Gasteiger partial charge in [0.25, 0.3) is 0 Å². The van der Waals surface area contributed by atoms with E-state index in [0.29, 0.717) is 0 Å². The van der Waals surface area contributed by atoms with E-state index >= 15 is 0 Å². The van der Waals surface area contributed by atoms with Crippen molar-refractivity contribution in [3.05, 3.63) is 0 Å². The lowest BCUT2D eigenvalue weighted by Gasteiger charge is -2.38. The maximum absolute atomic E-state index is 3.64. The van der Waals surface area contributed by atoms with E-state index < -0.39 is 0 Å². The maximum Gasteiger partial charge on any atom is 0.105 e. The van der Waals surface area contributed by atoms with Crippen molar-refractivity contribution in [1.82, 2.24) is 0 Å². The molecule has 0 heterocycles. The highest BCUT2D eigenvalue weighted by molar-refractivity contribution is 9.30. The molecule has 1 aliphatic rings. The molecule has 0 aliphatic heterocycles. The van der Waals surface area contributed by atoms with E-state index in [1.165, 1.54) is 12.8 Å². The molecule has 0 unspecified atom stereocenters. The third-order valence-corrected chi connectivity index (χ3v) is 8.19. The normalized spacial score (nSPS) is 30.0. The van der Waals surface area contributed by atoms with Gasteiger partial charge < -0.3 is 0 Å². The molecule has 0 aromatic carbocycles. The van der Waals surface area contributed by atoms with Gasteiger partial charge in [-0.05, 0) is 12.8 Å². The summed E-state index contributed by atoms with van der Waals surface area (Å²) in [4.78, 5) is 0. The topological polar surface area (TPSA) is 0 Å². The van der Waals surface area contributed by atoms with Crippen molar-refractivity contribution in [3.8, 4) is 0 Å². The highest BCUT2D eigenvalue weighted by Gasteiger charge is 2.46. The molecule has 4 heteroatoms. The molecule has 1 saturated carbocycles. The zero-order valence-electron chi connectivity index (χ0n) is 5.34. The van der Waals surface area contributed by atoms with Crippen LogP contribution >= 0.6 is 63.7 Å². The average Bonchev–Trinajstić information content (AvgIpc) is 1.77. The summed E-state index contributed by atoms with van der Waals surface area (Å²) >= 11 is 14.5. The van der Waals surface area contributed by atoms with Gasteiger partial charge in [-0.25, -0.2) is 0 Å². The predicted octanol–water partition coefficient (Wildman–Crippen LogP) is 4.53. The molecule has 0 aromatic rings. The summed E-state index contributed by atoms with van der Waals surface area (Å²) in [7, 11) is 0. The highest BCUT2D eigenvalue weighted by atomic mass is 79.9. The molecule has 1 aliphatic carbocycles. The van der Waals surface area contributed by atoms with Gasteiger partial charge in [0.05, 0.1) is 0 Å². The summed E-state index contributed by atoms with van der Waals surface area (Å²) in [6.45, 7) is 0. The van der Waals surface area contributed by atoms with Crippen molar-refractivity contribution in [2.75, 3.05) is 0 Å². The van der Waals surface area contributed by atoms with Crippen molar-refractivity contribution in [2.45, 2.75) is 32.2 Å². The lowest BCUT2D eigenvalue weighted by atomic mass is 10.0. The van der Waals surface area contributed by atoms with Crippen LogP contribution in [0.15, 0.2) is 0 Å². The van der Waals surface area contributed by atoms with Gasteiger partial charge >= 0.3 is 0 Å². The fourth-order valence-corrected chi connectivity index (χ4v) is 2.97. The third kappa shape index (κ3) is 1.99. The molecule has 0 spiro atoms. The fourth-order valence-electron chi connectivity index (χ4n) is 1.06. The van der Waals surface area contributed by atoms with Gasteiger partial charge in [-0.1, -0.05) is 76.6 Å². The second kappa shape index (κ2) is 3.35. The number of alkyl halides is 4. The highest BCUT2D eigenvalue weighted by Crippen LogP contribution is 2.56. The van der Waals surface area contributed by atoms with Crippen molar-refractivity contribution < 1.29 is 0 Å². The number of rotatable bonds is 0. The minimum atomic E-state index is 0.0330. The Kier molecular flexibility index (Phi) is 3.35. The third-order valence-electron chi connectivity index (χ3n) is 1.77. The fraction of sp³-hybridized carbons (Fsp3) is 1.00. The van der Waals surface area contributed by atoms with E-state index in [4.69, 9.17) is 0 Å². The first-order chi connectivity index (χ1) is 4.46. The molecule has 1 rings (SSSR count). The van der Waals surface area contributed by atoms with E-state index in [0.717, 1.165) is 12.8 Å². The van der Waals surface area contributed by atoms with Crippen molar-refractivity contribution in [3.63, 3.8) is 0 Å². The molecule has 0 aromatic heterocycles. The molecule has 0 radical (unpaired) electrons. The van der Waals surface area contributed by atoms with E-state index in [2.05, 4.69) is 63.7 Å². The Hall–Kier alpha value is 1.92. The standard InChI is InChI=1S/C6H8Br4/c7-5(8)3-1-2-4-6(5,9)10/h1-4H2. The first kappa shape index (κ1) is 10.0. The van der Waals surface area contributed by atoms with Crippen LogP contribution < -0.4 is 0 Å². The number of halogens is 4. The van der Waals surface area contributed by atoms with Crippen LogP contribution in [-0.2, 0) is 0 Å². The van der Waals surface area contributed by atoms with Gasteiger partial charge in [0.2, 0.25) is 0 Å². The first-order valence-electron chi connectivity index (χ1n) is 3.21. The maximum atomic E-state index is 3.64. The second-order valence-electron chi connectivity index (χ2n) is 2.62. The van der Waals surface area contributed by atoms with E-state index in [1.54, 1.807) is 0 Å². The van der Waals surface area contributed by atoms with Gasteiger partial charge in [0, 0.05) is 0 Å². The Morgan fingerprint density at radius 3 is 1.20 bits per heavy atom. The van der Waals surface area contributed by atoms with Crippen LogP contribution in [0.1, 0.15) is 25.7 Å². The molecule has 60 valence electrons. The van der Waals surface area contributed by atoms with Gasteiger partial charge in [-0.3, -0.25) is 0 Å². The van der Waals surface area contributed by atoms with Gasteiger partial charge in [0.1, 0.15) is 6.47 Å². The summed E-state index contributed by atoms with van der Waals surface area (Å²) in [6.07, 6.45) is 4.89. The van der Waals surface area contributed by atoms with Crippen molar-refractivity contribution in [1.29, 1.82) is 0 Å². The zero-order chi connectivity index (χ0) is 7.83. The average molecular weight is 400 g/mol. The largest absolute Gasteiger partial charge is 0.105 e. The van der Waals surface area contributed by atoms with Crippen LogP contribution in [0.25, 0.3) is 0 Å². The molecule has 1 fully saturated rings. The van der Waals surface area contributed by atoms with Crippen molar-refractivity contribution >= 4 is 63.7 Å². The minimum Gasteiger partial charge on any atom is -0.0702 e. The predicted molar refractivity (Wildman–Crippen MR) is 59.6 cm³/mol. The molecule has 0 nitrogen and oxygen atoms in total. The van der Waals surface area contributed by atoms with Crippen LogP contribution in [0.5, 0.6) is 0 Å². The molecule has 0 amide bonds. The second-order valence-corrected chi connectivity index (χ2v) is 10.2. The van der Waals surface area contributed by atoms with Crippen LogP contribution in [0.2, 0.25) is 0 Å². The Balaban J connectivity index is 2.70. The van der Waals surface area contributed by atoms with Crippen LogP contribution in [-0.4, -0.2) is 6.47 Å². The van der Waals surface area contributed by atoms with Crippen LogP contribution in [0.4, 0.5) is 0 Å². The molecule has 0 bridgehead atoms. The lowest BCUT2D eigenvalue weighted by molar-refractivity contribution is 0.501. The SMILES string of the molecule is BrC1(Br)CCCCC1(Br)Br. The molecule has 10 heavy (non-hydrogen) atoms. The zero-order valence-corrected chi connectivity index (χ0v) is 11.7. The molecule has 0 atom stereocenters. The molecule has 0 saturated heterocycles. The van der Waals surface area contributed by atoms with Crippen molar-refractivity contribution in [2.24, 2.45) is 0 Å². The van der Waals surface area contributed by atoms with E-state index in [1.807, 2.05) is 0 Å². The Labute approximate surface area is 95.0 Å². The number of hydrogen-bond acceptors (Lipinski definition) is 0. The Morgan fingerprint density at radius 2 is 1.00 bits per heavy atom. The summed E-state index contributed by atoms with van der Waals surface area (Å²) in [5.74, 6) is 0. The first-order valence-corrected chi connectivity index (χ1v) is 6.39. The minimum absolute atomic E-state index is 0.0330. The van der Waals surface area contributed by atoms with E-state index in [9.17, 15) is 0 Å². The molecule has 0 N–H and O–H groups in total. The quantitative estimate of drug-likeness (QED) is 0.525. The summed E-state index contributed by atoms with van der Waals surface area (Å²) in [5.41, 5.74) is 0. The Morgan fingerprint density at radius 1 is 0.700 bits per heavy atom. The number of hydrogen-bond donors (Lipinski definition) is 0. The Bertz CT molecular complexity index is 114.